The summed E-state index contributed by atoms with van der Waals surface area (Å²) in [5.41, 5.74) is 7.59. The van der Waals surface area contributed by atoms with Crippen molar-refractivity contribution in [2.45, 2.75) is 0 Å². The van der Waals surface area contributed by atoms with Gasteiger partial charge in [0.15, 0.2) is 5.65 Å². The van der Waals surface area contributed by atoms with Crippen molar-refractivity contribution in [3.63, 3.8) is 0 Å². The molecule has 2 N–H and O–H groups in total. The van der Waals surface area contributed by atoms with Crippen LogP contribution in [0, 0.1) is 0 Å². The number of aromatic amines is 1. The highest BCUT2D eigenvalue weighted by Gasteiger charge is 2.12. The van der Waals surface area contributed by atoms with Crippen LogP contribution in [0.4, 0.5) is 17.1 Å². The van der Waals surface area contributed by atoms with Gasteiger partial charge < -0.3 is 19.9 Å². The van der Waals surface area contributed by atoms with E-state index in [0.717, 1.165) is 60.1 Å². The van der Waals surface area contributed by atoms with Crippen molar-refractivity contribution in [2.75, 3.05) is 36.5 Å². The maximum absolute atomic E-state index is 5.45. The van der Waals surface area contributed by atoms with Crippen LogP contribution in [0.2, 0.25) is 0 Å². The lowest BCUT2D eigenvalue weighted by molar-refractivity contribution is 0.122. The molecule has 31 heavy (non-hydrogen) atoms. The van der Waals surface area contributed by atoms with Gasteiger partial charge in [0.1, 0.15) is 0 Å². The number of morpholine rings is 1. The summed E-state index contributed by atoms with van der Waals surface area (Å²) >= 11 is 0. The number of pyridine rings is 1. The average molecular weight is 409 g/mol. The molecular weight excluding hydrogens is 386 g/mol. The number of nitrogens with zero attached hydrogens (tertiary/aromatic N) is 3. The Labute approximate surface area is 180 Å². The van der Waals surface area contributed by atoms with Crippen molar-refractivity contribution < 1.29 is 4.74 Å². The fraction of sp³-hybridized carbons (Fsp3) is 0.160. The molecule has 6 rings (SSSR count). The molecule has 5 aromatic rings. The Balaban J connectivity index is 1.30. The molecule has 1 aliphatic rings. The van der Waals surface area contributed by atoms with Gasteiger partial charge in [0.2, 0.25) is 0 Å². The van der Waals surface area contributed by atoms with E-state index in [9.17, 15) is 0 Å². The van der Waals surface area contributed by atoms with Crippen LogP contribution in [-0.4, -0.2) is 40.7 Å². The maximum Gasteiger partial charge on any atom is 0.161 e. The zero-order chi connectivity index (χ0) is 20.6. The first kappa shape index (κ1) is 18.0. The summed E-state index contributed by atoms with van der Waals surface area (Å²) in [4.78, 5) is 10.2. The Kier molecular flexibility index (Phi) is 4.35. The van der Waals surface area contributed by atoms with Crippen molar-refractivity contribution in [3.05, 3.63) is 79.3 Å². The van der Waals surface area contributed by atoms with E-state index < -0.39 is 0 Å². The van der Waals surface area contributed by atoms with Crippen LogP contribution in [0.3, 0.4) is 0 Å². The fourth-order valence-corrected chi connectivity index (χ4v) is 4.29. The molecule has 4 heterocycles. The van der Waals surface area contributed by atoms with Crippen LogP contribution in [-0.2, 0) is 4.74 Å². The van der Waals surface area contributed by atoms with Crippen LogP contribution in [0.25, 0.3) is 27.8 Å². The van der Waals surface area contributed by atoms with E-state index in [2.05, 4.69) is 85.2 Å². The number of H-pyrrole nitrogens is 1. The molecule has 0 aliphatic carbocycles. The Morgan fingerprint density at radius 1 is 0.935 bits per heavy atom. The molecule has 3 aromatic heterocycles. The Morgan fingerprint density at radius 3 is 2.68 bits per heavy atom. The molecule has 0 spiro atoms. The van der Waals surface area contributed by atoms with Crippen molar-refractivity contribution in [1.82, 2.24) is 14.4 Å². The largest absolute Gasteiger partial charge is 0.378 e. The molecular formula is C25H23N5O. The smallest absolute Gasteiger partial charge is 0.161 e. The van der Waals surface area contributed by atoms with Gasteiger partial charge >= 0.3 is 0 Å². The summed E-state index contributed by atoms with van der Waals surface area (Å²) in [7, 11) is 0. The van der Waals surface area contributed by atoms with Crippen LogP contribution in [0.1, 0.15) is 0 Å². The van der Waals surface area contributed by atoms with Gasteiger partial charge in [-0.15, -0.1) is 0 Å². The number of hydrogen-bond acceptors (Lipinski definition) is 4. The number of imidazole rings is 1. The summed E-state index contributed by atoms with van der Waals surface area (Å²) in [6.45, 7) is 3.47. The number of aromatic nitrogens is 3. The van der Waals surface area contributed by atoms with Crippen molar-refractivity contribution in [3.8, 4) is 11.3 Å². The molecule has 154 valence electrons. The highest BCUT2D eigenvalue weighted by Crippen LogP contribution is 2.30. The zero-order valence-electron chi connectivity index (χ0n) is 17.1. The molecule has 2 aromatic carbocycles. The maximum atomic E-state index is 5.45. The quantitative estimate of drug-likeness (QED) is 0.435. The molecule has 6 heteroatoms. The molecule has 0 atom stereocenters. The van der Waals surface area contributed by atoms with Gasteiger partial charge in [0, 0.05) is 54.0 Å². The van der Waals surface area contributed by atoms with Crippen molar-refractivity contribution in [2.24, 2.45) is 0 Å². The van der Waals surface area contributed by atoms with Crippen molar-refractivity contribution in [1.29, 1.82) is 0 Å². The average Bonchev–Trinajstić information content (AvgIpc) is 3.50. The molecule has 1 aliphatic heterocycles. The molecule has 1 fully saturated rings. The number of fused-ring (bicyclic) bond motifs is 2. The summed E-state index contributed by atoms with van der Waals surface area (Å²) in [5, 5.41) is 4.74. The highest BCUT2D eigenvalue weighted by atomic mass is 16.5. The topological polar surface area (TPSA) is 57.6 Å². The van der Waals surface area contributed by atoms with E-state index in [4.69, 9.17) is 4.74 Å². The highest BCUT2D eigenvalue weighted by molar-refractivity contribution is 5.86. The number of nitrogens with one attached hydrogen (secondary N) is 2. The molecule has 0 radical (unpaired) electrons. The second-order valence-electron chi connectivity index (χ2n) is 7.80. The number of rotatable bonds is 4. The second kappa shape index (κ2) is 7.49. The lowest BCUT2D eigenvalue weighted by Crippen LogP contribution is -2.36. The summed E-state index contributed by atoms with van der Waals surface area (Å²) in [5.74, 6) is 0. The first-order chi connectivity index (χ1) is 15.3. The van der Waals surface area contributed by atoms with E-state index in [1.54, 1.807) is 0 Å². The molecule has 0 amide bonds. The predicted molar refractivity (Wildman–Crippen MR) is 125 cm³/mol. The lowest BCUT2D eigenvalue weighted by Gasteiger charge is -2.29. The SMILES string of the molecule is c1cn2c(-c3ccc4[nH]ccc4c3)ccc(Nc3ccc(N4CCOCC4)cc3)c2n1. The molecule has 0 saturated carbocycles. The van der Waals surface area contributed by atoms with Gasteiger partial charge in [0.25, 0.3) is 0 Å². The summed E-state index contributed by atoms with van der Waals surface area (Å²) < 4.78 is 7.59. The predicted octanol–water partition coefficient (Wildman–Crippen LogP) is 5.06. The Morgan fingerprint density at radius 2 is 1.81 bits per heavy atom. The van der Waals surface area contributed by atoms with Crippen molar-refractivity contribution >= 4 is 33.6 Å². The molecule has 1 saturated heterocycles. The van der Waals surface area contributed by atoms with Gasteiger partial charge in [-0.1, -0.05) is 6.07 Å². The third-order valence-electron chi connectivity index (χ3n) is 5.92. The van der Waals surface area contributed by atoms with E-state index in [-0.39, 0.29) is 0 Å². The zero-order valence-corrected chi connectivity index (χ0v) is 17.1. The van der Waals surface area contributed by atoms with Gasteiger partial charge in [-0.2, -0.15) is 0 Å². The monoisotopic (exact) mass is 409 g/mol. The van der Waals surface area contributed by atoms with E-state index in [0.29, 0.717) is 0 Å². The first-order valence-corrected chi connectivity index (χ1v) is 10.6. The first-order valence-electron chi connectivity index (χ1n) is 10.6. The van der Waals surface area contributed by atoms with Crippen LogP contribution in [0.15, 0.2) is 79.3 Å². The third kappa shape index (κ3) is 3.31. The van der Waals surface area contributed by atoms with Gasteiger partial charge in [-0.3, -0.25) is 4.40 Å². The molecule has 6 nitrogen and oxygen atoms in total. The van der Waals surface area contributed by atoms with E-state index in [1.807, 2.05) is 18.6 Å². The Hall–Kier alpha value is -3.77. The third-order valence-corrected chi connectivity index (χ3v) is 5.92. The fourth-order valence-electron chi connectivity index (χ4n) is 4.29. The minimum atomic E-state index is 0.793. The standard InChI is InChI=1S/C25H23N5O/c1-6-22-18(9-10-26-22)17-19(1)24-8-7-23(25-27-11-12-30(24)25)28-20-2-4-21(5-3-20)29-13-15-31-16-14-29/h1-12,17,26,28H,13-16H2. The van der Waals surface area contributed by atoms with Gasteiger partial charge in [-0.05, 0) is 60.2 Å². The lowest BCUT2D eigenvalue weighted by atomic mass is 10.1. The summed E-state index contributed by atoms with van der Waals surface area (Å²) in [6, 6.07) is 21.4. The number of benzene rings is 2. The van der Waals surface area contributed by atoms with E-state index in [1.165, 1.54) is 11.1 Å². The van der Waals surface area contributed by atoms with Gasteiger partial charge in [0.05, 0.1) is 24.6 Å². The molecule has 0 bridgehead atoms. The van der Waals surface area contributed by atoms with Crippen LogP contribution < -0.4 is 10.2 Å². The van der Waals surface area contributed by atoms with Gasteiger partial charge in [-0.25, -0.2) is 4.98 Å². The number of ether oxygens (including phenoxy) is 1. The second-order valence-corrected chi connectivity index (χ2v) is 7.80. The minimum absolute atomic E-state index is 0.793. The summed E-state index contributed by atoms with van der Waals surface area (Å²) in [6.07, 6.45) is 5.83. The minimum Gasteiger partial charge on any atom is -0.378 e. The van der Waals surface area contributed by atoms with Crippen LogP contribution >= 0.6 is 0 Å². The van der Waals surface area contributed by atoms with E-state index >= 15 is 0 Å². The number of anilines is 3. The number of hydrogen-bond donors (Lipinski definition) is 2. The normalized spacial score (nSPS) is 14.4. The van der Waals surface area contributed by atoms with Crippen LogP contribution in [0.5, 0.6) is 0 Å². The Bertz CT molecular complexity index is 1350. The molecule has 0 unspecified atom stereocenters.